The lowest BCUT2D eigenvalue weighted by molar-refractivity contribution is 0.631. The van der Waals surface area contributed by atoms with E-state index in [0.717, 1.165) is 56.0 Å². The van der Waals surface area contributed by atoms with Crippen LogP contribution in [0.5, 0.6) is 0 Å². The molecule has 62 heavy (non-hydrogen) atoms. The highest BCUT2D eigenvalue weighted by Gasteiger charge is 2.18. The van der Waals surface area contributed by atoms with E-state index in [9.17, 15) is 0 Å². The lowest BCUT2D eigenvalue weighted by Crippen LogP contribution is -2.11. The molecule has 0 spiro atoms. The minimum Gasteiger partial charge on any atom is -0.456 e. The fourth-order valence-corrected chi connectivity index (χ4v) is 8.71. The van der Waals surface area contributed by atoms with Gasteiger partial charge >= 0.3 is 0 Å². The number of nitrogens with zero attached hydrogens (tertiary/aromatic N) is 1. The van der Waals surface area contributed by atoms with Crippen LogP contribution in [0.2, 0.25) is 0 Å². The molecule has 0 fully saturated rings. The summed E-state index contributed by atoms with van der Waals surface area (Å²) < 4.78 is 6.18. The summed E-state index contributed by atoms with van der Waals surface area (Å²) >= 11 is 0. The molecule has 11 rings (SSSR count). The maximum Gasteiger partial charge on any atom is 0.135 e. The molecule has 0 amide bonds. The molecule has 0 aliphatic carbocycles. The molecule has 1 aromatic heterocycles. The summed E-state index contributed by atoms with van der Waals surface area (Å²) in [5, 5.41) is 3.64. The van der Waals surface area contributed by atoms with Gasteiger partial charge in [-0.1, -0.05) is 200 Å². The molecule has 0 atom stereocenters. The normalized spacial score (nSPS) is 11.2. The van der Waals surface area contributed by atoms with Crippen LogP contribution in [0.4, 0.5) is 17.1 Å². The van der Waals surface area contributed by atoms with Crippen molar-refractivity contribution >= 4 is 38.8 Å². The minimum absolute atomic E-state index is 0.879. The number of anilines is 3. The van der Waals surface area contributed by atoms with Crippen molar-refractivity contribution in [3.05, 3.63) is 249 Å². The second-order valence-electron chi connectivity index (χ2n) is 15.7. The van der Waals surface area contributed by atoms with Gasteiger partial charge in [-0.15, -0.1) is 0 Å². The SMILES string of the molecule is c1ccc(-c2ccccc2N(c2ccc(-c3ccc(-c4cccc(-c5cc6ccccc6o5)c4)cc3)cc2)c2ccc(-c3ccc(-c4cccc5ccccc45)cc3)cc2)cc1. The Labute approximate surface area is 362 Å². The summed E-state index contributed by atoms with van der Waals surface area (Å²) in [6, 6.07) is 89.0. The van der Waals surface area contributed by atoms with E-state index in [2.05, 4.69) is 235 Å². The minimum atomic E-state index is 0.879. The van der Waals surface area contributed by atoms with Gasteiger partial charge in [0.25, 0.3) is 0 Å². The number of para-hydroxylation sites is 2. The quantitative estimate of drug-likeness (QED) is 0.145. The van der Waals surface area contributed by atoms with Crippen LogP contribution in [-0.2, 0) is 0 Å². The Hall–Kier alpha value is -8.20. The van der Waals surface area contributed by atoms with Crippen LogP contribution >= 0.6 is 0 Å². The third-order valence-corrected chi connectivity index (χ3v) is 11.9. The molecule has 0 saturated heterocycles. The fraction of sp³-hybridized carbons (Fsp3) is 0. The molecule has 0 bridgehead atoms. The van der Waals surface area contributed by atoms with Gasteiger partial charge in [0, 0.05) is 27.9 Å². The van der Waals surface area contributed by atoms with E-state index in [1.807, 2.05) is 18.2 Å². The monoisotopic (exact) mass is 791 g/mol. The van der Waals surface area contributed by atoms with Gasteiger partial charge in [-0.3, -0.25) is 0 Å². The molecular formula is C60H41NO. The van der Waals surface area contributed by atoms with Crippen molar-refractivity contribution in [2.24, 2.45) is 0 Å². The Kier molecular flexibility index (Phi) is 9.57. The zero-order chi connectivity index (χ0) is 41.2. The molecule has 0 aliphatic rings. The standard InChI is InChI=1S/C60H41NO/c1-2-12-48(13-3-1)57-20-7-8-22-58(57)61(54-38-34-45(35-39-54)43-28-30-49(31-29-43)56-21-11-16-47-14-4-6-19-55(47)56)53-36-32-44(33-37-53)42-24-26-46(27-25-42)50-17-10-18-51(40-50)60-41-52-15-5-9-23-59(52)62-60/h1-41H. The topological polar surface area (TPSA) is 16.4 Å². The van der Waals surface area contributed by atoms with Crippen LogP contribution < -0.4 is 4.90 Å². The van der Waals surface area contributed by atoms with Gasteiger partial charge in [-0.25, -0.2) is 0 Å². The van der Waals surface area contributed by atoms with Gasteiger partial charge in [0.05, 0.1) is 5.69 Å². The Bertz CT molecular complexity index is 3270. The Balaban J connectivity index is 0.894. The van der Waals surface area contributed by atoms with E-state index in [-0.39, 0.29) is 0 Å². The van der Waals surface area contributed by atoms with Gasteiger partial charge in [-0.05, 0) is 109 Å². The van der Waals surface area contributed by atoms with Gasteiger partial charge in [0.2, 0.25) is 0 Å². The van der Waals surface area contributed by atoms with Gasteiger partial charge in [0.1, 0.15) is 11.3 Å². The van der Waals surface area contributed by atoms with Crippen molar-refractivity contribution in [2.75, 3.05) is 4.90 Å². The van der Waals surface area contributed by atoms with Crippen molar-refractivity contribution in [2.45, 2.75) is 0 Å². The smallest absolute Gasteiger partial charge is 0.135 e. The van der Waals surface area contributed by atoms with Crippen LogP contribution in [0.25, 0.3) is 88.7 Å². The summed E-state index contributed by atoms with van der Waals surface area (Å²) in [6.07, 6.45) is 0. The van der Waals surface area contributed by atoms with Crippen LogP contribution in [0.15, 0.2) is 253 Å². The molecule has 2 heteroatoms. The molecule has 1 heterocycles. The van der Waals surface area contributed by atoms with Crippen molar-refractivity contribution in [1.82, 2.24) is 0 Å². The Morgan fingerprint density at radius 1 is 0.274 bits per heavy atom. The number of hydrogen-bond acceptors (Lipinski definition) is 2. The molecule has 0 saturated carbocycles. The summed E-state index contributed by atoms with van der Waals surface area (Å²) in [7, 11) is 0. The molecule has 0 radical (unpaired) electrons. The second-order valence-corrected chi connectivity index (χ2v) is 15.7. The zero-order valence-electron chi connectivity index (χ0n) is 34.0. The van der Waals surface area contributed by atoms with Gasteiger partial charge in [0.15, 0.2) is 0 Å². The molecule has 292 valence electrons. The average Bonchev–Trinajstić information content (AvgIpc) is 3.80. The van der Waals surface area contributed by atoms with E-state index >= 15 is 0 Å². The molecule has 10 aromatic carbocycles. The highest BCUT2D eigenvalue weighted by molar-refractivity contribution is 5.97. The predicted molar refractivity (Wildman–Crippen MR) is 261 cm³/mol. The maximum atomic E-state index is 6.18. The highest BCUT2D eigenvalue weighted by atomic mass is 16.3. The predicted octanol–water partition coefficient (Wildman–Crippen LogP) is 17.1. The van der Waals surface area contributed by atoms with Crippen LogP contribution in [0, 0.1) is 0 Å². The zero-order valence-corrected chi connectivity index (χ0v) is 34.0. The maximum absolute atomic E-state index is 6.18. The lowest BCUT2D eigenvalue weighted by atomic mass is 9.96. The Morgan fingerprint density at radius 3 is 1.40 bits per heavy atom. The highest BCUT2D eigenvalue weighted by Crippen LogP contribution is 2.42. The lowest BCUT2D eigenvalue weighted by Gasteiger charge is -2.28. The molecule has 0 unspecified atom stereocenters. The molecule has 2 nitrogen and oxygen atoms in total. The molecule has 11 aromatic rings. The number of hydrogen-bond donors (Lipinski definition) is 0. The van der Waals surface area contributed by atoms with E-state index < -0.39 is 0 Å². The van der Waals surface area contributed by atoms with E-state index in [0.29, 0.717) is 0 Å². The first-order valence-electron chi connectivity index (χ1n) is 21.2. The van der Waals surface area contributed by atoms with E-state index in [1.165, 1.54) is 49.7 Å². The number of furan rings is 1. The van der Waals surface area contributed by atoms with Crippen molar-refractivity contribution in [1.29, 1.82) is 0 Å². The second kappa shape index (κ2) is 16.1. The largest absolute Gasteiger partial charge is 0.456 e. The molecule has 0 aliphatic heterocycles. The van der Waals surface area contributed by atoms with Crippen molar-refractivity contribution < 1.29 is 4.42 Å². The van der Waals surface area contributed by atoms with Gasteiger partial charge < -0.3 is 9.32 Å². The van der Waals surface area contributed by atoms with E-state index in [4.69, 9.17) is 4.42 Å². The average molecular weight is 792 g/mol. The van der Waals surface area contributed by atoms with Gasteiger partial charge in [-0.2, -0.15) is 0 Å². The van der Waals surface area contributed by atoms with Crippen molar-refractivity contribution in [3.8, 4) is 67.0 Å². The summed E-state index contributed by atoms with van der Waals surface area (Å²) in [5.74, 6) is 0.879. The fourth-order valence-electron chi connectivity index (χ4n) is 8.71. The summed E-state index contributed by atoms with van der Waals surface area (Å²) in [4.78, 5) is 2.37. The van der Waals surface area contributed by atoms with Crippen LogP contribution in [0.3, 0.4) is 0 Å². The van der Waals surface area contributed by atoms with Crippen LogP contribution in [-0.4, -0.2) is 0 Å². The van der Waals surface area contributed by atoms with Crippen LogP contribution in [0.1, 0.15) is 0 Å². The number of fused-ring (bicyclic) bond motifs is 2. The molecule has 0 N–H and O–H groups in total. The third-order valence-electron chi connectivity index (χ3n) is 11.9. The first-order valence-corrected chi connectivity index (χ1v) is 21.2. The third kappa shape index (κ3) is 7.14. The first kappa shape index (κ1) is 36.8. The number of rotatable bonds is 9. The summed E-state index contributed by atoms with van der Waals surface area (Å²) in [6.45, 7) is 0. The Morgan fingerprint density at radius 2 is 0.726 bits per heavy atom. The molecular weight excluding hydrogens is 751 g/mol. The summed E-state index contributed by atoms with van der Waals surface area (Å²) in [5.41, 5.74) is 17.1. The van der Waals surface area contributed by atoms with Crippen molar-refractivity contribution in [3.63, 3.8) is 0 Å². The first-order chi connectivity index (χ1) is 30.7. The number of benzene rings is 10. The van der Waals surface area contributed by atoms with E-state index in [1.54, 1.807) is 0 Å².